The van der Waals surface area contributed by atoms with E-state index in [0.717, 1.165) is 0 Å². The van der Waals surface area contributed by atoms with Gasteiger partial charge >= 0.3 is 11.9 Å². The maximum atomic E-state index is 11.1. The Morgan fingerprint density at radius 3 is 2.67 bits per heavy atom. The van der Waals surface area contributed by atoms with E-state index in [1.54, 1.807) is 6.07 Å². The molecule has 0 heterocycles. The highest BCUT2D eigenvalue weighted by Crippen LogP contribution is 2.25. The number of methoxy groups -OCH3 is 1. The molecule has 0 atom stereocenters. The highest BCUT2D eigenvalue weighted by atomic mass is 35.5. The van der Waals surface area contributed by atoms with Gasteiger partial charge in [0.2, 0.25) is 5.76 Å². The lowest BCUT2D eigenvalue weighted by molar-refractivity contribution is -0.142. The van der Waals surface area contributed by atoms with E-state index in [0.29, 0.717) is 10.6 Å². The molecule has 0 spiro atoms. The van der Waals surface area contributed by atoms with E-state index in [9.17, 15) is 9.59 Å². The molecular weight excluding hydrogens is 300 g/mol. The Labute approximate surface area is 126 Å². The molecule has 0 aliphatic rings. The molecule has 0 aliphatic carbocycles. The van der Waals surface area contributed by atoms with Crippen LogP contribution >= 0.6 is 11.6 Å². The highest BCUT2D eigenvalue weighted by molar-refractivity contribution is 6.30. The van der Waals surface area contributed by atoms with Crippen LogP contribution in [-0.2, 0) is 25.7 Å². The van der Waals surface area contributed by atoms with Crippen molar-refractivity contribution in [3.8, 4) is 5.75 Å². The third-order valence-corrected chi connectivity index (χ3v) is 2.55. The number of carbonyl (C=O) groups excluding carboxylic acids is 1. The van der Waals surface area contributed by atoms with Gasteiger partial charge in [0.1, 0.15) is 12.4 Å². The van der Waals surface area contributed by atoms with Gasteiger partial charge in [-0.2, -0.15) is 0 Å². The van der Waals surface area contributed by atoms with Crippen LogP contribution in [0.4, 0.5) is 0 Å². The number of ether oxygens (including phenoxy) is 3. The van der Waals surface area contributed by atoms with Gasteiger partial charge in [-0.05, 0) is 24.3 Å². The first-order valence-electron chi connectivity index (χ1n) is 5.96. The number of esters is 1. The number of halogens is 1. The van der Waals surface area contributed by atoms with Crippen molar-refractivity contribution in [2.24, 2.45) is 0 Å². The summed E-state index contributed by atoms with van der Waals surface area (Å²) in [5, 5.41) is 9.48. The van der Waals surface area contributed by atoms with Gasteiger partial charge in [-0.15, -0.1) is 0 Å². The minimum absolute atomic E-state index is 0.0671. The molecule has 7 heteroatoms. The van der Waals surface area contributed by atoms with Gasteiger partial charge in [-0.25, -0.2) is 4.79 Å². The average molecular weight is 315 g/mol. The molecule has 114 valence electrons. The summed E-state index contributed by atoms with van der Waals surface area (Å²) in [7, 11) is 1.43. The van der Waals surface area contributed by atoms with Crippen molar-refractivity contribution in [1.29, 1.82) is 0 Å². The van der Waals surface area contributed by atoms with Crippen molar-refractivity contribution in [2.45, 2.75) is 13.5 Å². The summed E-state index contributed by atoms with van der Waals surface area (Å²) < 4.78 is 15.0. The maximum Gasteiger partial charge on any atom is 0.371 e. The molecule has 0 saturated heterocycles. The Bertz CT molecular complexity index is 552. The lowest BCUT2D eigenvalue weighted by Gasteiger charge is -2.12. The number of hydrogen-bond acceptors (Lipinski definition) is 5. The van der Waals surface area contributed by atoms with Crippen LogP contribution in [0.3, 0.4) is 0 Å². The second-order valence-electron chi connectivity index (χ2n) is 3.96. The number of aliphatic carboxylic acids is 1. The van der Waals surface area contributed by atoms with Crippen molar-refractivity contribution < 1.29 is 28.9 Å². The number of rotatable bonds is 7. The lowest BCUT2D eigenvalue weighted by Crippen LogP contribution is -2.10. The topological polar surface area (TPSA) is 82.1 Å². The van der Waals surface area contributed by atoms with Crippen LogP contribution < -0.4 is 4.74 Å². The third-order valence-electron chi connectivity index (χ3n) is 2.32. The zero-order chi connectivity index (χ0) is 15.8. The normalized spacial score (nSPS) is 11.1. The smallest absolute Gasteiger partial charge is 0.371 e. The fourth-order valence-corrected chi connectivity index (χ4v) is 1.58. The van der Waals surface area contributed by atoms with Gasteiger partial charge in [-0.3, -0.25) is 4.79 Å². The molecule has 0 unspecified atom stereocenters. The largest absolute Gasteiger partial charge is 0.475 e. The number of carboxylic acids is 1. The summed E-state index contributed by atoms with van der Waals surface area (Å²) in [5.74, 6) is -1.75. The summed E-state index contributed by atoms with van der Waals surface area (Å²) in [6.07, 6.45) is 1.28. The fraction of sp³-hybridized carbons (Fsp3) is 0.286. The minimum Gasteiger partial charge on any atom is -0.475 e. The van der Waals surface area contributed by atoms with Crippen molar-refractivity contribution >= 4 is 23.5 Å². The Kier molecular flexibility index (Phi) is 6.71. The SMILES string of the molecule is COCC=C(Oc1ccc(Cl)cc1COC(C)=O)C(=O)O. The van der Waals surface area contributed by atoms with Crippen LogP contribution in [0.5, 0.6) is 5.75 Å². The van der Waals surface area contributed by atoms with Crippen LogP contribution in [0.25, 0.3) is 0 Å². The molecule has 1 N–H and O–H groups in total. The molecule has 0 bridgehead atoms. The molecule has 0 amide bonds. The highest BCUT2D eigenvalue weighted by Gasteiger charge is 2.14. The van der Waals surface area contributed by atoms with Gasteiger partial charge in [-0.1, -0.05) is 11.6 Å². The lowest BCUT2D eigenvalue weighted by atomic mass is 10.2. The van der Waals surface area contributed by atoms with Crippen LogP contribution in [0, 0.1) is 0 Å². The second kappa shape index (κ2) is 8.28. The van der Waals surface area contributed by atoms with E-state index in [1.807, 2.05) is 0 Å². The molecule has 1 aromatic rings. The molecule has 0 aromatic heterocycles. The van der Waals surface area contributed by atoms with Gasteiger partial charge < -0.3 is 19.3 Å². The predicted molar refractivity (Wildman–Crippen MR) is 75.1 cm³/mol. The Morgan fingerprint density at radius 1 is 1.38 bits per heavy atom. The van der Waals surface area contributed by atoms with Crippen molar-refractivity contribution in [3.63, 3.8) is 0 Å². The van der Waals surface area contributed by atoms with E-state index in [1.165, 1.54) is 32.2 Å². The predicted octanol–water partition coefficient (Wildman–Crippen LogP) is 2.40. The summed E-state index contributed by atoms with van der Waals surface area (Å²) in [4.78, 5) is 22.0. The summed E-state index contributed by atoms with van der Waals surface area (Å²) >= 11 is 5.87. The van der Waals surface area contributed by atoms with Crippen molar-refractivity contribution in [2.75, 3.05) is 13.7 Å². The molecule has 1 rings (SSSR count). The molecule has 1 aromatic carbocycles. The maximum absolute atomic E-state index is 11.1. The molecule has 21 heavy (non-hydrogen) atoms. The fourth-order valence-electron chi connectivity index (χ4n) is 1.39. The molecule has 0 saturated carbocycles. The Morgan fingerprint density at radius 2 is 2.10 bits per heavy atom. The monoisotopic (exact) mass is 314 g/mol. The van der Waals surface area contributed by atoms with E-state index < -0.39 is 11.9 Å². The molecule has 6 nitrogen and oxygen atoms in total. The number of carboxylic acid groups (broad SMARTS) is 1. The zero-order valence-electron chi connectivity index (χ0n) is 11.6. The van der Waals surface area contributed by atoms with E-state index in [-0.39, 0.29) is 24.7 Å². The minimum atomic E-state index is -1.24. The molecule has 0 radical (unpaired) electrons. The van der Waals surface area contributed by atoms with Gasteiger partial charge in [0, 0.05) is 24.6 Å². The zero-order valence-corrected chi connectivity index (χ0v) is 12.3. The van der Waals surface area contributed by atoms with Crippen molar-refractivity contribution in [1.82, 2.24) is 0 Å². The Hall–Kier alpha value is -2.05. The summed E-state index contributed by atoms with van der Waals surface area (Å²) in [6, 6.07) is 4.59. The van der Waals surface area contributed by atoms with Crippen LogP contribution in [0.1, 0.15) is 12.5 Å². The van der Waals surface area contributed by atoms with Gasteiger partial charge in [0.25, 0.3) is 0 Å². The first-order chi connectivity index (χ1) is 9.93. The summed E-state index contributed by atoms with van der Waals surface area (Å²) in [5.41, 5.74) is 0.460. The standard InChI is InChI=1S/C14H15ClO6/c1-9(16)20-8-10-7-11(15)3-4-12(10)21-13(14(17)18)5-6-19-2/h3-5,7H,6,8H2,1-2H3,(H,17,18). The van der Waals surface area contributed by atoms with E-state index in [4.69, 9.17) is 30.9 Å². The number of benzene rings is 1. The van der Waals surface area contributed by atoms with E-state index >= 15 is 0 Å². The quantitative estimate of drug-likeness (QED) is 0.473. The summed E-state index contributed by atoms with van der Waals surface area (Å²) in [6.45, 7) is 1.29. The molecule has 0 fully saturated rings. The van der Waals surface area contributed by atoms with Crippen LogP contribution in [0.2, 0.25) is 5.02 Å². The van der Waals surface area contributed by atoms with Crippen LogP contribution in [0.15, 0.2) is 30.0 Å². The van der Waals surface area contributed by atoms with Gasteiger partial charge in [0.05, 0.1) is 6.61 Å². The third kappa shape index (κ3) is 5.85. The number of carbonyl (C=O) groups is 2. The van der Waals surface area contributed by atoms with Crippen LogP contribution in [-0.4, -0.2) is 30.8 Å². The van der Waals surface area contributed by atoms with E-state index in [2.05, 4.69) is 0 Å². The average Bonchev–Trinajstić information content (AvgIpc) is 2.42. The van der Waals surface area contributed by atoms with Crippen molar-refractivity contribution in [3.05, 3.63) is 40.6 Å². The molecule has 0 aliphatic heterocycles. The Balaban J connectivity index is 2.99. The first kappa shape index (κ1) is 17.0. The first-order valence-corrected chi connectivity index (χ1v) is 6.34. The molecular formula is C14H15ClO6. The second-order valence-corrected chi connectivity index (χ2v) is 4.40. The number of hydrogen-bond donors (Lipinski definition) is 1. The van der Waals surface area contributed by atoms with Gasteiger partial charge in [0.15, 0.2) is 0 Å².